The first-order valence-corrected chi connectivity index (χ1v) is 6.14. The summed E-state index contributed by atoms with van der Waals surface area (Å²) in [6, 6.07) is 4.01. The second-order valence-corrected chi connectivity index (χ2v) is 4.62. The first kappa shape index (κ1) is 12.8. The molecule has 3 N–H and O–H groups in total. The molecule has 0 aliphatic carbocycles. The third kappa shape index (κ3) is 2.76. The lowest BCUT2D eigenvalue weighted by Gasteiger charge is -2.16. The van der Waals surface area contributed by atoms with E-state index >= 15 is 0 Å². The maximum atomic E-state index is 13.4. The minimum Gasteiger partial charge on any atom is -0.389 e. The zero-order chi connectivity index (χ0) is 13.1. The Morgan fingerprint density at radius 2 is 2.06 bits per heavy atom. The van der Waals surface area contributed by atoms with E-state index in [1.54, 1.807) is 4.90 Å². The van der Waals surface area contributed by atoms with Crippen molar-refractivity contribution in [3.63, 3.8) is 0 Å². The highest BCUT2D eigenvalue weighted by molar-refractivity contribution is 7.80. The monoisotopic (exact) mass is 267 g/mol. The number of nitrogens with two attached hydrogens (primary N) is 1. The predicted molar refractivity (Wildman–Crippen MR) is 72.1 cm³/mol. The van der Waals surface area contributed by atoms with Gasteiger partial charge in [-0.3, -0.25) is 0 Å². The van der Waals surface area contributed by atoms with Gasteiger partial charge < -0.3 is 16.0 Å². The summed E-state index contributed by atoms with van der Waals surface area (Å²) in [5.74, 6) is -0.485. The molecule has 1 aromatic rings. The van der Waals surface area contributed by atoms with Gasteiger partial charge >= 0.3 is 6.03 Å². The molecule has 4 nitrogen and oxygen atoms in total. The highest BCUT2D eigenvalue weighted by Crippen LogP contribution is 2.16. The van der Waals surface area contributed by atoms with Gasteiger partial charge in [-0.15, -0.1) is 0 Å². The standard InChI is InChI=1S/C12H14FN3OS/c13-10-4-3-8(7-9(10)11(14)18)15-12(17)16-5-1-2-6-16/h3-4,7H,1-2,5-6H2,(H2,14,18)(H,15,17). The van der Waals surface area contributed by atoms with Crippen LogP contribution in [0, 0.1) is 5.82 Å². The van der Waals surface area contributed by atoms with Crippen LogP contribution < -0.4 is 11.1 Å². The van der Waals surface area contributed by atoms with Crippen LogP contribution in [-0.2, 0) is 0 Å². The molecule has 1 fully saturated rings. The summed E-state index contributed by atoms with van der Waals surface area (Å²) in [5, 5.41) is 2.71. The zero-order valence-electron chi connectivity index (χ0n) is 9.78. The van der Waals surface area contributed by atoms with Crippen LogP contribution >= 0.6 is 12.2 Å². The smallest absolute Gasteiger partial charge is 0.321 e. The molecule has 0 bridgehead atoms. The number of carbonyl (C=O) groups excluding carboxylic acids is 1. The number of hydrogen-bond acceptors (Lipinski definition) is 2. The molecule has 1 aliphatic heterocycles. The van der Waals surface area contributed by atoms with Gasteiger partial charge in [0, 0.05) is 24.3 Å². The van der Waals surface area contributed by atoms with Crippen LogP contribution in [0.15, 0.2) is 18.2 Å². The van der Waals surface area contributed by atoms with Gasteiger partial charge in [-0.1, -0.05) is 12.2 Å². The number of nitrogens with zero attached hydrogens (tertiary/aromatic N) is 1. The van der Waals surface area contributed by atoms with E-state index in [4.69, 9.17) is 18.0 Å². The van der Waals surface area contributed by atoms with E-state index in [1.165, 1.54) is 18.2 Å². The highest BCUT2D eigenvalue weighted by atomic mass is 32.1. The lowest BCUT2D eigenvalue weighted by atomic mass is 10.2. The molecule has 0 saturated carbocycles. The molecular weight excluding hydrogens is 253 g/mol. The van der Waals surface area contributed by atoms with E-state index in [9.17, 15) is 9.18 Å². The molecule has 18 heavy (non-hydrogen) atoms. The summed E-state index contributed by atoms with van der Waals surface area (Å²) >= 11 is 4.74. The van der Waals surface area contributed by atoms with Crippen LogP contribution in [-0.4, -0.2) is 29.0 Å². The van der Waals surface area contributed by atoms with Crippen LogP contribution in [0.5, 0.6) is 0 Å². The fraction of sp³-hybridized carbons (Fsp3) is 0.333. The second-order valence-electron chi connectivity index (χ2n) is 4.18. The summed E-state index contributed by atoms with van der Waals surface area (Å²) in [5.41, 5.74) is 6.04. The van der Waals surface area contributed by atoms with E-state index in [-0.39, 0.29) is 16.6 Å². The van der Waals surface area contributed by atoms with Gasteiger partial charge in [0.1, 0.15) is 10.8 Å². The quantitative estimate of drug-likeness (QED) is 0.807. The SMILES string of the molecule is NC(=S)c1cc(NC(=O)N2CCCC2)ccc1F. The van der Waals surface area contributed by atoms with Crippen molar-refractivity contribution in [3.05, 3.63) is 29.6 Å². The van der Waals surface area contributed by atoms with Gasteiger partial charge in [-0.05, 0) is 31.0 Å². The zero-order valence-corrected chi connectivity index (χ0v) is 10.6. The lowest BCUT2D eigenvalue weighted by molar-refractivity contribution is 0.222. The Labute approximate surface area is 110 Å². The molecule has 96 valence electrons. The summed E-state index contributed by atoms with van der Waals surface area (Å²) in [4.78, 5) is 13.5. The van der Waals surface area contributed by atoms with Crippen LogP contribution in [0.1, 0.15) is 18.4 Å². The Kier molecular flexibility index (Phi) is 3.76. The van der Waals surface area contributed by atoms with Crippen LogP contribution in [0.4, 0.5) is 14.9 Å². The Bertz CT molecular complexity index is 486. The summed E-state index contributed by atoms with van der Waals surface area (Å²) in [6.07, 6.45) is 2.05. The van der Waals surface area contributed by atoms with Crippen LogP contribution in [0.25, 0.3) is 0 Å². The Morgan fingerprint density at radius 3 is 2.67 bits per heavy atom. The first-order chi connectivity index (χ1) is 8.58. The largest absolute Gasteiger partial charge is 0.389 e. The van der Waals surface area contributed by atoms with Gasteiger partial charge in [0.2, 0.25) is 0 Å². The maximum absolute atomic E-state index is 13.4. The predicted octanol–water partition coefficient (Wildman–Crippen LogP) is 2.09. The van der Waals surface area contributed by atoms with Gasteiger partial charge in [-0.2, -0.15) is 0 Å². The van der Waals surface area contributed by atoms with E-state index in [1.807, 2.05) is 0 Å². The Hall–Kier alpha value is -1.69. The second kappa shape index (κ2) is 5.30. The normalized spacial score (nSPS) is 14.6. The fourth-order valence-corrected chi connectivity index (χ4v) is 2.07. The number of benzene rings is 1. The molecule has 0 atom stereocenters. The molecule has 2 rings (SSSR count). The number of urea groups is 1. The van der Waals surface area contributed by atoms with Gasteiger partial charge in [0.15, 0.2) is 0 Å². The number of hydrogen-bond donors (Lipinski definition) is 2. The van der Waals surface area contributed by atoms with Crippen molar-refractivity contribution in [1.82, 2.24) is 4.90 Å². The molecular formula is C12H14FN3OS. The third-order valence-electron chi connectivity index (χ3n) is 2.88. The average molecular weight is 267 g/mol. The minimum atomic E-state index is -0.485. The van der Waals surface area contributed by atoms with E-state index in [2.05, 4.69) is 5.32 Å². The number of halogens is 1. The van der Waals surface area contributed by atoms with Crippen molar-refractivity contribution in [2.45, 2.75) is 12.8 Å². The first-order valence-electron chi connectivity index (χ1n) is 5.73. The number of nitrogens with one attached hydrogen (secondary N) is 1. The minimum absolute atomic E-state index is 0.0234. The van der Waals surface area contributed by atoms with Crippen molar-refractivity contribution in [2.24, 2.45) is 5.73 Å². The fourth-order valence-electron chi connectivity index (χ4n) is 1.91. The molecule has 0 radical (unpaired) electrons. The molecule has 1 saturated heterocycles. The molecule has 0 spiro atoms. The number of rotatable bonds is 2. The van der Waals surface area contributed by atoms with Crippen molar-refractivity contribution in [3.8, 4) is 0 Å². The van der Waals surface area contributed by atoms with Crippen LogP contribution in [0.3, 0.4) is 0 Å². The van der Waals surface area contributed by atoms with Crippen molar-refractivity contribution >= 4 is 28.9 Å². The number of likely N-dealkylation sites (tertiary alicyclic amines) is 1. The summed E-state index contributed by atoms with van der Waals surface area (Å²) < 4.78 is 13.4. The van der Waals surface area contributed by atoms with E-state index < -0.39 is 5.82 Å². The Balaban J connectivity index is 2.11. The Morgan fingerprint density at radius 1 is 1.39 bits per heavy atom. The molecule has 1 heterocycles. The topological polar surface area (TPSA) is 58.4 Å². The van der Waals surface area contributed by atoms with Crippen LogP contribution in [0.2, 0.25) is 0 Å². The number of thiocarbonyl (C=S) groups is 1. The summed E-state index contributed by atoms with van der Waals surface area (Å²) in [6.45, 7) is 1.52. The number of amides is 2. The average Bonchev–Trinajstić information content (AvgIpc) is 2.85. The molecule has 6 heteroatoms. The summed E-state index contributed by atoms with van der Waals surface area (Å²) in [7, 11) is 0. The number of anilines is 1. The van der Waals surface area contributed by atoms with Crippen molar-refractivity contribution in [1.29, 1.82) is 0 Å². The van der Waals surface area contributed by atoms with Gasteiger partial charge in [0.05, 0.1) is 0 Å². The van der Waals surface area contributed by atoms with Crippen molar-refractivity contribution < 1.29 is 9.18 Å². The van der Waals surface area contributed by atoms with Gasteiger partial charge in [-0.25, -0.2) is 9.18 Å². The lowest BCUT2D eigenvalue weighted by Crippen LogP contribution is -2.32. The van der Waals surface area contributed by atoms with Gasteiger partial charge in [0.25, 0.3) is 0 Å². The maximum Gasteiger partial charge on any atom is 0.321 e. The molecule has 0 unspecified atom stereocenters. The van der Waals surface area contributed by atoms with E-state index in [0.29, 0.717) is 5.69 Å². The molecule has 2 amide bonds. The number of carbonyl (C=O) groups is 1. The highest BCUT2D eigenvalue weighted by Gasteiger charge is 2.18. The van der Waals surface area contributed by atoms with E-state index in [0.717, 1.165) is 25.9 Å². The molecule has 0 aromatic heterocycles. The molecule has 1 aromatic carbocycles. The van der Waals surface area contributed by atoms with Crippen molar-refractivity contribution in [2.75, 3.05) is 18.4 Å². The molecule has 1 aliphatic rings. The third-order valence-corrected chi connectivity index (χ3v) is 3.10.